The molecule has 1 unspecified atom stereocenters. The third-order valence-corrected chi connectivity index (χ3v) is 3.03. The highest BCUT2D eigenvalue weighted by atomic mass is 16.5. The predicted octanol–water partition coefficient (Wildman–Crippen LogP) is 4.36. The van der Waals surface area contributed by atoms with Crippen LogP contribution in [-0.4, -0.2) is 18.2 Å². The predicted molar refractivity (Wildman–Crippen MR) is 83.0 cm³/mol. The highest BCUT2D eigenvalue weighted by Gasteiger charge is 2.11. The van der Waals surface area contributed by atoms with Gasteiger partial charge >= 0.3 is 0 Å². The Morgan fingerprint density at radius 3 is 2.42 bits per heavy atom. The molecule has 0 aliphatic rings. The van der Waals surface area contributed by atoms with Crippen molar-refractivity contribution >= 4 is 0 Å². The molecule has 1 aromatic rings. The van der Waals surface area contributed by atoms with Crippen LogP contribution in [0.2, 0.25) is 0 Å². The Labute approximate surface area is 118 Å². The summed E-state index contributed by atoms with van der Waals surface area (Å²) in [5.74, 6) is 1.52. The molecule has 0 radical (unpaired) electrons. The maximum absolute atomic E-state index is 5.75. The number of benzene rings is 1. The molecule has 0 bridgehead atoms. The van der Waals surface area contributed by atoms with Crippen molar-refractivity contribution in [1.29, 1.82) is 0 Å². The van der Waals surface area contributed by atoms with Crippen molar-refractivity contribution in [2.24, 2.45) is 0 Å². The molecule has 0 aliphatic carbocycles. The Balaban J connectivity index is 2.54. The SMILES string of the molecule is CC(C)Oc1cccc(C(C)CCNC(C)(C)C)c1. The first-order valence-corrected chi connectivity index (χ1v) is 7.29. The fourth-order valence-electron chi connectivity index (χ4n) is 2.00. The lowest BCUT2D eigenvalue weighted by Gasteiger charge is -2.22. The number of rotatable bonds is 6. The topological polar surface area (TPSA) is 21.3 Å². The first kappa shape index (κ1) is 16.0. The van der Waals surface area contributed by atoms with Gasteiger partial charge in [0.05, 0.1) is 6.10 Å². The standard InChI is InChI=1S/C17H29NO/c1-13(2)19-16-9-7-8-15(12-16)14(3)10-11-18-17(4,5)6/h7-9,12-14,18H,10-11H2,1-6H3. The third-order valence-electron chi connectivity index (χ3n) is 3.03. The van der Waals surface area contributed by atoms with Crippen molar-refractivity contribution in [3.8, 4) is 5.75 Å². The van der Waals surface area contributed by atoms with E-state index in [1.165, 1.54) is 5.56 Å². The van der Waals surface area contributed by atoms with E-state index in [1.807, 2.05) is 6.07 Å². The Hall–Kier alpha value is -1.02. The average Bonchev–Trinajstić information content (AvgIpc) is 2.26. The van der Waals surface area contributed by atoms with E-state index in [4.69, 9.17) is 4.74 Å². The summed E-state index contributed by atoms with van der Waals surface area (Å²) in [5, 5.41) is 3.54. The van der Waals surface area contributed by atoms with E-state index in [0.717, 1.165) is 18.7 Å². The molecule has 0 saturated heterocycles. The minimum Gasteiger partial charge on any atom is -0.491 e. The first-order chi connectivity index (χ1) is 8.78. The lowest BCUT2D eigenvalue weighted by molar-refractivity contribution is 0.242. The molecule has 0 saturated carbocycles. The number of hydrogen-bond acceptors (Lipinski definition) is 2. The fourth-order valence-corrected chi connectivity index (χ4v) is 2.00. The minimum atomic E-state index is 0.197. The number of hydrogen-bond donors (Lipinski definition) is 1. The van der Waals surface area contributed by atoms with Crippen LogP contribution in [0.4, 0.5) is 0 Å². The molecule has 19 heavy (non-hydrogen) atoms. The molecular formula is C17H29NO. The largest absolute Gasteiger partial charge is 0.491 e. The van der Waals surface area contributed by atoms with Crippen molar-refractivity contribution in [2.45, 2.75) is 65.5 Å². The zero-order chi connectivity index (χ0) is 14.5. The quantitative estimate of drug-likeness (QED) is 0.823. The molecular weight excluding hydrogens is 234 g/mol. The third kappa shape index (κ3) is 6.63. The zero-order valence-corrected chi connectivity index (χ0v) is 13.3. The monoisotopic (exact) mass is 263 g/mol. The van der Waals surface area contributed by atoms with E-state index in [1.54, 1.807) is 0 Å². The summed E-state index contributed by atoms with van der Waals surface area (Å²) in [7, 11) is 0. The number of ether oxygens (including phenoxy) is 1. The second-order valence-corrected chi connectivity index (χ2v) is 6.61. The van der Waals surface area contributed by atoms with Gasteiger partial charge in [-0.05, 0) is 71.2 Å². The van der Waals surface area contributed by atoms with Crippen molar-refractivity contribution in [3.05, 3.63) is 29.8 Å². The maximum Gasteiger partial charge on any atom is 0.119 e. The van der Waals surface area contributed by atoms with E-state index < -0.39 is 0 Å². The van der Waals surface area contributed by atoms with Crippen LogP contribution in [0.1, 0.15) is 59.4 Å². The van der Waals surface area contributed by atoms with Crippen LogP contribution in [0.3, 0.4) is 0 Å². The highest BCUT2D eigenvalue weighted by Crippen LogP contribution is 2.23. The van der Waals surface area contributed by atoms with Gasteiger partial charge in [-0.15, -0.1) is 0 Å². The van der Waals surface area contributed by atoms with Crippen LogP contribution in [0.25, 0.3) is 0 Å². The molecule has 1 aromatic carbocycles. The van der Waals surface area contributed by atoms with E-state index in [2.05, 4.69) is 65.1 Å². The van der Waals surface area contributed by atoms with Gasteiger partial charge in [0.1, 0.15) is 5.75 Å². The lowest BCUT2D eigenvalue weighted by atomic mass is 9.97. The summed E-state index contributed by atoms with van der Waals surface area (Å²) in [6, 6.07) is 8.47. The molecule has 108 valence electrons. The second kappa shape index (κ2) is 6.95. The summed E-state index contributed by atoms with van der Waals surface area (Å²) >= 11 is 0. The number of nitrogens with one attached hydrogen (secondary N) is 1. The maximum atomic E-state index is 5.75. The van der Waals surface area contributed by atoms with Gasteiger partial charge in [0.25, 0.3) is 0 Å². The van der Waals surface area contributed by atoms with Gasteiger partial charge in [0.15, 0.2) is 0 Å². The molecule has 0 amide bonds. The summed E-state index contributed by atoms with van der Waals surface area (Å²) in [4.78, 5) is 0. The van der Waals surface area contributed by atoms with Gasteiger partial charge < -0.3 is 10.1 Å². The highest BCUT2D eigenvalue weighted by molar-refractivity contribution is 5.30. The second-order valence-electron chi connectivity index (χ2n) is 6.61. The molecule has 2 heteroatoms. The Morgan fingerprint density at radius 2 is 1.84 bits per heavy atom. The van der Waals surface area contributed by atoms with Gasteiger partial charge in [-0.2, -0.15) is 0 Å². The Morgan fingerprint density at radius 1 is 1.16 bits per heavy atom. The van der Waals surface area contributed by atoms with E-state index >= 15 is 0 Å². The smallest absolute Gasteiger partial charge is 0.119 e. The van der Waals surface area contributed by atoms with Crippen LogP contribution in [-0.2, 0) is 0 Å². The molecule has 0 spiro atoms. The van der Waals surface area contributed by atoms with Crippen LogP contribution in [0, 0.1) is 0 Å². The van der Waals surface area contributed by atoms with E-state index in [0.29, 0.717) is 5.92 Å². The fraction of sp³-hybridized carbons (Fsp3) is 0.647. The molecule has 1 atom stereocenters. The van der Waals surface area contributed by atoms with E-state index in [-0.39, 0.29) is 11.6 Å². The van der Waals surface area contributed by atoms with Gasteiger partial charge in [-0.25, -0.2) is 0 Å². The molecule has 2 nitrogen and oxygen atoms in total. The lowest BCUT2D eigenvalue weighted by Crippen LogP contribution is -2.36. The molecule has 0 aliphatic heterocycles. The van der Waals surface area contributed by atoms with Crippen LogP contribution < -0.4 is 10.1 Å². The van der Waals surface area contributed by atoms with Crippen molar-refractivity contribution < 1.29 is 4.74 Å². The molecule has 0 aromatic heterocycles. The minimum absolute atomic E-state index is 0.197. The van der Waals surface area contributed by atoms with Crippen LogP contribution in [0.15, 0.2) is 24.3 Å². The van der Waals surface area contributed by atoms with Crippen molar-refractivity contribution in [2.75, 3.05) is 6.54 Å². The average molecular weight is 263 g/mol. The summed E-state index contributed by atoms with van der Waals surface area (Å²) in [6.07, 6.45) is 1.37. The van der Waals surface area contributed by atoms with E-state index in [9.17, 15) is 0 Å². The molecule has 0 fully saturated rings. The summed E-state index contributed by atoms with van der Waals surface area (Å²) in [6.45, 7) is 14.0. The Bertz CT molecular complexity index is 379. The molecule has 1 rings (SSSR count). The zero-order valence-electron chi connectivity index (χ0n) is 13.3. The van der Waals surface area contributed by atoms with Crippen molar-refractivity contribution in [3.63, 3.8) is 0 Å². The molecule has 0 heterocycles. The van der Waals surface area contributed by atoms with Crippen molar-refractivity contribution in [1.82, 2.24) is 5.32 Å². The summed E-state index contributed by atoms with van der Waals surface area (Å²) in [5.41, 5.74) is 1.55. The normalized spacial score (nSPS) is 13.6. The van der Waals surface area contributed by atoms with Gasteiger partial charge in [-0.1, -0.05) is 19.1 Å². The Kier molecular flexibility index (Phi) is 5.86. The summed E-state index contributed by atoms with van der Waals surface area (Å²) < 4.78 is 5.75. The molecule has 1 N–H and O–H groups in total. The van der Waals surface area contributed by atoms with Crippen LogP contribution in [0.5, 0.6) is 5.75 Å². The van der Waals surface area contributed by atoms with Gasteiger partial charge in [0, 0.05) is 5.54 Å². The van der Waals surface area contributed by atoms with Gasteiger partial charge in [-0.3, -0.25) is 0 Å². The van der Waals surface area contributed by atoms with Gasteiger partial charge in [0.2, 0.25) is 0 Å². The first-order valence-electron chi connectivity index (χ1n) is 7.29. The van der Waals surface area contributed by atoms with Crippen LogP contribution >= 0.6 is 0 Å².